The van der Waals surface area contributed by atoms with Crippen LogP contribution >= 0.6 is 0 Å². The number of hydrogen-bond donors (Lipinski definition) is 1. The van der Waals surface area contributed by atoms with E-state index in [0.717, 1.165) is 18.4 Å². The van der Waals surface area contributed by atoms with Gasteiger partial charge in [0.15, 0.2) is 5.82 Å². The van der Waals surface area contributed by atoms with Crippen molar-refractivity contribution in [2.45, 2.75) is 19.8 Å². The summed E-state index contributed by atoms with van der Waals surface area (Å²) in [6, 6.07) is 8.34. The molecule has 94 valence electrons. The van der Waals surface area contributed by atoms with Crippen LogP contribution in [0.2, 0.25) is 0 Å². The highest BCUT2D eigenvalue weighted by Gasteiger charge is 2.07. The van der Waals surface area contributed by atoms with Gasteiger partial charge in [-0.1, -0.05) is 31.5 Å². The second-order valence-corrected chi connectivity index (χ2v) is 3.95. The van der Waals surface area contributed by atoms with Gasteiger partial charge in [-0.05, 0) is 18.1 Å². The van der Waals surface area contributed by atoms with Gasteiger partial charge >= 0.3 is 6.01 Å². The van der Waals surface area contributed by atoms with Crippen molar-refractivity contribution in [3.8, 4) is 17.4 Å². The molecule has 0 bridgehead atoms. The van der Waals surface area contributed by atoms with Crippen LogP contribution in [0.25, 0.3) is 11.4 Å². The fraction of sp³-hybridized carbons (Fsp3) is 0.308. The molecule has 0 radical (unpaired) electrons. The number of nitrogen functional groups attached to an aromatic ring is 1. The van der Waals surface area contributed by atoms with Gasteiger partial charge in [-0.2, -0.15) is 15.0 Å². The Labute approximate surface area is 106 Å². The second kappa shape index (κ2) is 5.44. The van der Waals surface area contributed by atoms with Gasteiger partial charge in [0.25, 0.3) is 0 Å². The molecule has 0 amide bonds. The third kappa shape index (κ3) is 2.74. The number of ether oxygens (including phenoxy) is 1. The first kappa shape index (κ1) is 12.3. The highest BCUT2D eigenvalue weighted by atomic mass is 16.5. The number of aromatic nitrogens is 3. The van der Waals surface area contributed by atoms with Crippen LogP contribution in [0.4, 0.5) is 5.95 Å². The topological polar surface area (TPSA) is 73.9 Å². The number of anilines is 1. The number of rotatable bonds is 4. The highest BCUT2D eigenvalue weighted by molar-refractivity contribution is 5.57. The highest BCUT2D eigenvalue weighted by Crippen LogP contribution is 2.19. The lowest BCUT2D eigenvalue weighted by molar-refractivity contribution is 0.379. The first-order valence-electron chi connectivity index (χ1n) is 5.87. The molecule has 0 spiro atoms. The van der Waals surface area contributed by atoms with Crippen LogP contribution in [0.15, 0.2) is 24.3 Å². The number of methoxy groups -OCH3 is 1. The van der Waals surface area contributed by atoms with E-state index in [-0.39, 0.29) is 12.0 Å². The predicted octanol–water partition coefficient (Wildman–Crippen LogP) is 2.08. The minimum atomic E-state index is 0.165. The Morgan fingerprint density at radius 1 is 1.22 bits per heavy atom. The Hall–Kier alpha value is -2.17. The van der Waals surface area contributed by atoms with E-state index in [2.05, 4.69) is 34.0 Å². The van der Waals surface area contributed by atoms with E-state index < -0.39 is 0 Å². The van der Waals surface area contributed by atoms with Crippen molar-refractivity contribution in [1.82, 2.24) is 15.0 Å². The Morgan fingerprint density at radius 2 is 2.06 bits per heavy atom. The molecule has 0 fully saturated rings. The van der Waals surface area contributed by atoms with Gasteiger partial charge in [-0.25, -0.2) is 0 Å². The average molecular weight is 244 g/mol. The Morgan fingerprint density at radius 3 is 2.78 bits per heavy atom. The summed E-state index contributed by atoms with van der Waals surface area (Å²) in [6.45, 7) is 2.15. The van der Waals surface area contributed by atoms with E-state index in [1.807, 2.05) is 12.1 Å². The summed E-state index contributed by atoms with van der Waals surface area (Å²) in [5.41, 5.74) is 7.81. The van der Waals surface area contributed by atoms with Gasteiger partial charge in [0.2, 0.25) is 5.95 Å². The molecule has 1 heterocycles. The van der Waals surface area contributed by atoms with Crippen molar-refractivity contribution in [3.05, 3.63) is 29.8 Å². The zero-order valence-corrected chi connectivity index (χ0v) is 10.6. The maximum atomic E-state index is 5.63. The molecule has 0 atom stereocenters. The third-order valence-electron chi connectivity index (χ3n) is 2.54. The molecule has 5 heteroatoms. The Balaban J connectivity index is 2.41. The molecule has 2 aromatic rings. The maximum Gasteiger partial charge on any atom is 0.321 e. The van der Waals surface area contributed by atoms with E-state index in [0.29, 0.717) is 5.82 Å². The molecule has 0 unspecified atom stereocenters. The number of hydrogen-bond acceptors (Lipinski definition) is 5. The standard InChI is InChI=1S/C13H16N4O/c1-3-5-9-6-4-7-10(8-9)11-15-12(14)17-13(16-11)18-2/h4,6-8H,3,5H2,1-2H3,(H2,14,15,16,17). The molecule has 5 nitrogen and oxygen atoms in total. The van der Waals surface area contributed by atoms with Crippen LogP contribution in [0, 0.1) is 0 Å². The molecular weight excluding hydrogens is 228 g/mol. The summed E-state index contributed by atoms with van der Waals surface area (Å²) in [5, 5.41) is 0. The average Bonchev–Trinajstić information content (AvgIpc) is 2.39. The van der Waals surface area contributed by atoms with Gasteiger partial charge in [-0.3, -0.25) is 0 Å². The van der Waals surface area contributed by atoms with Crippen LogP contribution < -0.4 is 10.5 Å². The number of benzene rings is 1. The number of nitrogens with zero attached hydrogens (tertiary/aromatic N) is 3. The largest absolute Gasteiger partial charge is 0.467 e. The van der Waals surface area contributed by atoms with Crippen molar-refractivity contribution < 1.29 is 4.74 Å². The summed E-state index contributed by atoms with van der Waals surface area (Å²) >= 11 is 0. The van der Waals surface area contributed by atoms with Gasteiger partial charge < -0.3 is 10.5 Å². The van der Waals surface area contributed by atoms with Crippen LogP contribution in [0.5, 0.6) is 6.01 Å². The Bertz CT molecular complexity index is 542. The minimum absolute atomic E-state index is 0.165. The van der Waals surface area contributed by atoms with Crippen molar-refractivity contribution in [3.63, 3.8) is 0 Å². The molecule has 0 saturated carbocycles. The smallest absolute Gasteiger partial charge is 0.321 e. The molecule has 0 aliphatic rings. The fourth-order valence-electron chi connectivity index (χ4n) is 1.75. The molecule has 2 N–H and O–H groups in total. The lowest BCUT2D eigenvalue weighted by Gasteiger charge is -2.05. The quantitative estimate of drug-likeness (QED) is 0.891. The van der Waals surface area contributed by atoms with Gasteiger partial charge in [0.05, 0.1) is 7.11 Å². The van der Waals surface area contributed by atoms with Crippen LogP contribution in [0.3, 0.4) is 0 Å². The number of aryl methyl sites for hydroxylation is 1. The van der Waals surface area contributed by atoms with Crippen LogP contribution in [-0.4, -0.2) is 22.1 Å². The third-order valence-corrected chi connectivity index (χ3v) is 2.54. The van der Waals surface area contributed by atoms with Gasteiger partial charge in [0, 0.05) is 5.56 Å². The summed E-state index contributed by atoms with van der Waals surface area (Å²) in [5.74, 6) is 0.704. The molecule has 0 saturated heterocycles. The molecule has 1 aromatic carbocycles. The van der Waals surface area contributed by atoms with Crippen LogP contribution in [0.1, 0.15) is 18.9 Å². The van der Waals surface area contributed by atoms with Crippen molar-refractivity contribution in [1.29, 1.82) is 0 Å². The van der Waals surface area contributed by atoms with E-state index in [1.54, 1.807) is 0 Å². The normalized spacial score (nSPS) is 10.3. The van der Waals surface area contributed by atoms with E-state index in [1.165, 1.54) is 12.7 Å². The first-order chi connectivity index (χ1) is 8.72. The SMILES string of the molecule is CCCc1cccc(-c2nc(N)nc(OC)n2)c1. The molecule has 1 aromatic heterocycles. The van der Waals surface area contributed by atoms with Crippen molar-refractivity contribution in [2.75, 3.05) is 12.8 Å². The predicted molar refractivity (Wildman–Crippen MR) is 70.2 cm³/mol. The zero-order valence-electron chi connectivity index (χ0n) is 10.6. The van der Waals surface area contributed by atoms with Crippen LogP contribution in [-0.2, 0) is 6.42 Å². The fourth-order valence-corrected chi connectivity index (χ4v) is 1.75. The van der Waals surface area contributed by atoms with Gasteiger partial charge in [-0.15, -0.1) is 0 Å². The summed E-state index contributed by atoms with van der Waals surface area (Å²) < 4.78 is 4.99. The molecule has 18 heavy (non-hydrogen) atoms. The summed E-state index contributed by atoms with van der Waals surface area (Å²) in [6.07, 6.45) is 2.14. The van der Waals surface area contributed by atoms with E-state index >= 15 is 0 Å². The molecular formula is C13H16N4O. The lowest BCUT2D eigenvalue weighted by Crippen LogP contribution is -2.02. The maximum absolute atomic E-state index is 5.63. The lowest BCUT2D eigenvalue weighted by atomic mass is 10.1. The minimum Gasteiger partial charge on any atom is -0.467 e. The van der Waals surface area contributed by atoms with E-state index in [9.17, 15) is 0 Å². The Kier molecular flexibility index (Phi) is 3.72. The second-order valence-electron chi connectivity index (χ2n) is 3.95. The molecule has 0 aliphatic heterocycles. The summed E-state index contributed by atoms with van der Waals surface area (Å²) in [7, 11) is 1.51. The number of nitrogens with two attached hydrogens (primary N) is 1. The van der Waals surface area contributed by atoms with Crippen molar-refractivity contribution in [2.24, 2.45) is 0 Å². The van der Waals surface area contributed by atoms with Gasteiger partial charge in [0.1, 0.15) is 0 Å². The molecule has 2 rings (SSSR count). The molecule has 0 aliphatic carbocycles. The zero-order chi connectivity index (χ0) is 13.0. The van der Waals surface area contributed by atoms with Crippen molar-refractivity contribution >= 4 is 5.95 Å². The first-order valence-corrected chi connectivity index (χ1v) is 5.87. The summed E-state index contributed by atoms with van der Waals surface area (Å²) in [4.78, 5) is 12.2. The van der Waals surface area contributed by atoms with E-state index in [4.69, 9.17) is 10.5 Å². The monoisotopic (exact) mass is 244 g/mol.